The maximum Gasteiger partial charge on any atom is 0.325 e. The lowest BCUT2D eigenvalue weighted by atomic mass is 10.1. The van der Waals surface area contributed by atoms with Gasteiger partial charge < -0.3 is 20.9 Å². The van der Waals surface area contributed by atoms with Gasteiger partial charge in [-0.15, -0.1) is 0 Å². The normalized spacial score (nSPS) is 38.9. The van der Waals surface area contributed by atoms with Crippen LogP contribution in [0.15, 0.2) is 12.3 Å². The summed E-state index contributed by atoms with van der Waals surface area (Å²) in [7, 11) is 0. The van der Waals surface area contributed by atoms with E-state index in [1.807, 2.05) is 6.92 Å². The second kappa shape index (κ2) is 4.40. The molecule has 4 atom stereocenters. The van der Waals surface area contributed by atoms with Gasteiger partial charge in [0.15, 0.2) is 0 Å². The molecule has 0 saturated carbocycles. The molecule has 2 aliphatic rings. The molecule has 0 aliphatic carbocycles. The van der Waals surface area contributed by atoms with Crippen molar-refractivity contribution in [3.05, 3.63) is 12.3 Å². The van der Waals surface area contributed by atoms with E-state index in [-0.39, 0.29) is 30.9 Å². The van der Waals surface area contributed by atoms with E-state index in [9.17, 15) is 4.79 Å². The third-order valence-corrected chi connectivity index (χ3v) is 2.91. The van der Waals surface area contributed by atoms with Gasteiger partial charge in [0.1, 0.15) is 6.23 Å². The lowest BCUT2D eigenvalue weighted by molar-refractivity contribution is -0.0465. The minimum atomic E-state index is -0.436. The van der Waals surface area contributed by atoms with Crippen LogP contribution in [0.4, 0.5) is 4.79 Å². The van der Waals surface area contributed by atoms with Gasteiger partial charge >= 0.3 is 6.03 Å². The Morgan fingerprint density at radius 1 is 1.75 bits per heavy atom. The zero-order valence-electron chi connectivity index (χ0n) is 9.17. The predicted octanol–water partition coefficient (Wildman–Crippen LogP) is -0.446. The molecule has 6 nitrogen and oxygen atoms in total. The van der Waals surface area contributed by atoms with Crippen molar-refractivity contribution in [1.29, 1.82) is 0 Å². The number of hydrogen-bond donors (Lipinski definition) is 3. The molecule has 2 rings (SSSR count). The third kappa shape index (κ3) is 2.04. The van der Waals surface area contributed by atoms with Gasteiger partial charge in [-0.3, -0.25) is 4.90 Å². The first-order chi connectivity index (χ1) is 7.61. The summed E-state index contributed by atoms with van der Waals surface area (Å²) < 4.78 is 5.59. The van der Waals surface area contributed by atoms with Crippen LogP contribution in [0, 0.1) is 5.92 Å². The van der Waals surface area contributed by atoms with Crippen LogP contribution in [0.3, 0.4) is 0 Å². The van der Waals surface area contributed by atoms with Crippen LogP contribution in [-0.2, 0) is 4.74 Å². The number of aliphatic hydroxyl groups excluding tert-OH is 1. The second-order valence-corrected chi connectivity index (χ2v) is 4.27. The minimum absolute atomic E-state index is 0.0144. The van der Waals surface area contributed by atoms with Crippen molar-refractivity contribution in [1.82, 2.24) is 10.2 Å². The first-order valence-corrected chi connectivity index (χ1v) is 5.41. The van der Waals surface area contributed by atoms with Gasteiger partial charge in [-0.05, 0) is 12.5 Å². The molecule has 0 radical (unpaired) electrons. The van der Waals surface area contributed by atoms with Crippen molar-refractivity contribution < 1.29 is 14.6 Å². The Kier molecular flexibility index (Phi) is 3.13. The zero-order valence-corrected chi connectivity index (χ0v) is 9.17. The molecule has 1 unspecified atom stereocenters. The standard InChI is InChI=1S/C10H17N3O3/c1-6-4-7(5-14)16-9(6)13-3-2-8(11)12-10(13)15/h2-3,6-9,14H,4-5,11H2,1H3,(H,12,15)/t6-,7+,8?,9-/m1/s1. The molecule has 0 aromatic heterocycles. The van der Waals surface area contributed by atoms with Crippen molar-refractivity contribution >= 4 is 6.03 Å². The number of nitrogens with two attached hydrogens (primary N) is 1. The first-order valence-electron chi connectivity index (χ1n) is 5.41. The van der Waals surface area contributed by atoms with Gasteiger partial charge in [-0.25, -0.2) is 4.79 Å². The van der Waals surface area contributed by atoms with Gasteiger partial charge in [-0.2, -0.15) is 0 Å². The van der Waals surface area contributed by atoms with Crippen LogP contribution < -0.4 is 11.1 Å². The molecular weight excluding hydrogens is 210 g/mol. The SMILES string of the molecule is C[C@@H]1C[C@@H](CO)O[C@H]1N1C=CC(N)NC1=O. The summed E-state index contributed by atoms with van der Waals surface area (Å²) in [5, 5.41) is 11.6. The molecule has 0 spiro atoms. The molecule has 0 aromatic carbocycles. The molecular formula is C10H17N3O3. The van der Waals surface area contributed by atoms with Crippen LogP contribution in [0.25, 0.3) is 0 Å². The van der Waals surface area contributed by atoms with Crippen molar-refractivity contribution in [2.24, 2.45) is 11.7 Å². The van der Waals surface area contributed by atoms with E-state index < -0.39 is 6.17 Å². The lowest BCUT2D eigenvalue weighted by Gasteiger charge is -2.32. The van der Waals surface area contributed by atoms with E-state index in [4.69, 9.17) is 15.6 Å². The predicted molar refractivity (Wildman–Crippen MR) is 57.0 cm³/mol. The van der Waals surface area contributed by atoms with Gasteiger partial charge in [-0.1, -0.05) is 6.92 Å². The summed E-state index contributed by atoms with van der Waals surface area (Å²) in [6, 6.07) is -0.259. The molecule has 6 heteroatoms. The molecule has 1 fully saturated rings. The summed E-state index contributed by atoms with van der Waals surface area (Å²) in [6.45, 7) is 1.98. The quantitative estimate of drug-likeness (QED) is 0.596. The van der Waals surface area contributed by atoms with Crippen molar-refractivity contribution in [3.8, 4) is 0 Å². The zero-order chi connectivity index (χ0) is 11.7. The molecule has 16 heavy (non-hydrogen) atoms. The number of ether oxygens (including phenoxy) is 1. The summed E-state index contributed by atoms with van der Waals surface area (Å²) in [5.74, 6) is 0.196. The van der Waals surface area contributed by atoms with E-state index in [0.29, 0.717) is 0 Å². The number of amides is 2. The van der Waals surface area contributed by atoms with E-state index >= 15 is 0 Å². The van der Waals surface area contributed by atoms with E-state index in [2.05, 4.69) is 5.32 Å². The second-order valence-electron chi connectivity index (χ2n) is 4.27. The molecule has 2 aliphatic heterocycles. The number of carbonyl (C=O) groups is 1. The Hall–Kier alpha value is -1.11. The highest BCUT2D eigenvalue weighted by atomic mass is 16.5. The molecule has 0 bridgehead atoms. The minimum Gasteiger partial charge on any atom is -0.394 e. The molecule has 0 aromatic rings. The fraction of sp³-hybridized carbons (Fsp3) is 0.700. The van der Waals surface area contributed by atoms with Gasteiger partial charge in [0, 0.05) is 12.1 Å². The summed E-state index contributed by atoms with van der Waals surface area (Å²) in [4.78, 5) is 13.2. The monoisotopic (exact) mass is 227 g/mol. The number of rotatable bonds is 2. The molecule has 2 amide bonds. The fourth-order valence-corrected chi connectivity index (χ4v) is 2.09. The fourth-order valence-electron chi connectivity index (χ4n) is 2.09. The van der Waals surface area contributed by atoms with Gasteiger partial charge in [0.25, 0.3) is 0 Å². The largest absolute Gasteiger partial charge is 0.394 e. The summed E-state index contributed by atoms with van der Waals surface area (Å²) in [6.07, 6.45) is 3.16. The summed E-state index contributed by atoms with van der Waals surface area (Å²) in [5.41, 5.74) is 5.55. The van der Waals surface area contributed by atoms with Crippen LogP contribution >= 0.6 is 0 Å². The molecule has 4 N–H and O–H groups in total. The Balaban J connectivity index is 2.07. The maximum atomic E-state index is 11.7. The Labute approximate surface area is 94.0 Å². The lowest BCUT2D eigenvalue weighted by Crippen LogP contribution is -2.53. The number of hydrogen-bond acceptors (Lipinski definition) is 4. The van der Waals surface area contributed by atoms with Gasteiger partial charge in [0.05, 0.1) is 18.9 Å². The van der Waals surface area contributed by atoms with Crippen LogP contribution in [0.2, 0.25) is 0 Å². The Morgan fingerprint density at radius 3 is 3.06 bits per heavy atom. The topological polar surface area (TPSA) is 87.8 Å². The Morgan fingerprint density at radius 2 is 2.50 bits per heavy atom. The average molecular weight is 227 g/mol. The van der Waals surface area contributed by atoms with Crippen LogP contribution in [-0.4, -0.2) is 41.1 Å². The van der Waals surface area contributed by atoms with E-state index in [0.717, 1.165) is 6.42 Å². The van der Waals surface area contributed by atoms with Crippen molar-refractivity contribution in [2.75, 3.05) is 6.61 Å². The number of carbonyl (C=O) groups excluding carboxylic acids is 1. The summed E-state index contributed by atoms with van der Waals surface area (Å²) >= 11 is 0. The highest BCUT2D eigenvalue weighted by Crippen LogP contribution is 2.29. The van der Waals surface area contributed by atoms with Crippen molar-refractivity contribution in [2.45, 2.75) is 31.8 Å². The maximum absolute atomic E-state index is 11.7. The number of urea groups is 1. The highest BCUT2D eigenvalue weighted by molar-refractivity contribution is 5.77. The highest BCUT2D eigenvalue weighted by Gasteiger charge is 2.38. The van der Waals surface area contributed by atoms with Crippen molar-refractivity contribution in [3.63, 3.8) is 0 Å². The first kappa shape index (κ1) is 11.4. The molecule has 2 heterocycles. The molecule has 1 saturated heterocycles. The number of nitrogens with zero attached hydrogens (tertiary/aromatic N) is 1. The van der Waals surface area contributed by atoms with Gasteiger partial charge in [0.2, 0.25) is 0 Å². The number of aliphatic hydroxyl groups is 1. The smallest absolute Gasteiger partial charge is 0.325 e. The Bertz CT molecular complexity index is 308. The molecule has 90 valence electrons. The van der Waals surface area contributed by atoms with E-state index in [1.165, 1.54) is 4.90 Å². The van der Waals surface area contributed by atoms with Crippen LogP contribution in [0.1, 0.15) is 13.3 Å². The number of nitrogens with one attached hydrogen (secondary N) is 1. The van der Waals surface area contributed by atoms with E-state index in [1.54, 1.807) is 12.3 Å². The average Bonchev–Trinajstić information content (AvgIpc) is 2.60. The van der Waals surface area contributed by atoms with Crippen LogP contribution in [0.5, 0.6) is 0 Å². The third-order valence-electron chi connectivity index (χ3n) is 2.91.